The number of carbonyl (C=O) groups is 2. The van der Waals surface area contributed by atoms with Crippen molar-refractivity contribution in [2.75, 3.05) is 13.2 Å². The highest BCUT2D eigenvalue weighted by Crippen LogP contribution is 2.44. The number of carboxylic acids is 2. The minimum absolute atomic E-state index is 0.00565. The minimum atomic E-state index is -4.37. The molecule has 49 heavy (non-hydrogen) atoms. The molecular weight excluding hydrogens is 694 g/mol. The summed E-state index contributed by atoms with van der Waals surface area (Å²) in [6, 6.07) is 4.79. The van der Waals surface area contributed by atoms with Gasteiger partial charge >= 0.3 is 19.8 Å². The van der Waals surface area contributed by atoms with Crippen LogP contribution in [0.4, 0.5) is 0 Å². The van der Waals surface area contributed by atoms with Crippen molar-refractivity contribution in [3.05, 3.63) is 86.9 Å². The Kier molecular flexibility index (Phi) is 19.4. The van der Waals surface area contributed by atoms with Crippen molar-refractivity contribution in [1.82, 2.24) is 0 Å². The summed E-state index contributed by atoms with van der Waals surface area (Å²) >= 11 is 12.2. The summed E-state index contributed by atoms with van der Waals surface area (Å²) < 4.78 is 22.6. The maximum absolute atomic E-state index is 12.4. The number of benzene rings is 2. The maximum atomic E-state index is 12.4. The molecule has 13 heteroatoms. The first kappa shape index (κ1) is 42.1. The van der Waals surface area contributed by atoms with Crippen LogP contribution >= 0.6 is 31.0 Å². The molecule has 0 aliphatic heterocycles. The highest BCUT2D eigenvalue weighted by molar-refractivity contribution is 7.47. The molecule has 0 bridgehead atoms. The second-order valence-electron chi connectivity index (χ2n) is 11.4. The van der Waals surface area contributed by atoms with E-state index in [1.807, 2.05) is 0 Å². The second-order valence-corrected chi connectivity index (χ2v) is 13.7. The SMILES string of the molecule is CCCCC/C=C\CCC/C=C\CCCCCCOP(=O)(O)OCCC=C(c1cc(Cl)c(O)c(C(=O)O)c1)c1cc(Cl)c(O)c(C(=O)O)c1. The van der Waals surface area contributed by atoms with Crippen LogP contribution in [0.25, 0.3) is 5.57 Å². The lowest BCUT2D eigenvalue weighted by molar-refractivity contribution is 0.0682. The molecule has 0 spiro atoms. The maximum Gasteiger partial charge on any atom is 0.472 e. The third kappa shape index (κ3) is 15.5. The molecule has 1 atom stereocenters. The number of rotatable bonds is 24. The zero-order valence-electron chi connectivity index (χ0n) is 27.8. The highest BCUT2D eigenvalue weighted by Gasteiger charge is 2.22. The smallest absolute Gasteiger partial charge is 0.472 e. The van der Waals surface area contributed by atoms with Gasteiger partial charge in [0.2, 0.25) is 0 Å². The van der Waals surface area contributed by atoms with Crippen molar-refractivity contribution < 1.29 is 48.5 Å². The van der Waals surface area contributed by atoms with Gasteiger partial charge in [-0.1, -0.05) is 86.2 Å². The number of phosphoric ester groups is 1. The molecule has 10 nitrogen and oxygen atoms in total. The number of halogens is 2. The summed E-state index contributed by atoms with van der Waals surface area (Å²) in [6.07, 6.45) is 23.2. The number of hydrogen-bond donors (Lipinski definition) is 5. The van der Waals surface area contributed by atoms with Gasteiger partial charge in [0.25, 0.3) is 0 Å². The van der Waals surface area contributed by atoms with E-state index in [0.29, 0.717) is 6.42 Å². The Balaban J connectivity index is 1.86. The number of carboxylic acid groups (broad SMARTS) is 2. The van der Waals surface area contributed by atoms with Gasteiger partial charge in [-0.05, 0) is 98.8 Å². The van der Waals surface area contributed by atoms with E-state index in [9.17, 15) is 39.5 Å². The number of phosphoric acid groups is 1. The van der Waals surface area contributed by atoms with Gasteiger partial charge < -0.3 is 25.3 Å². The largest absolute Gasteiger partial charge is 0.505 e. The number of allylic oxidation sites excluding steroid dienone is 4. The zero-order chi connectivity index (χ0) is 36.2. The Bertz CT molecular complexity index is 1450. The topological polar surface area (TPSA) is 171 Å². The van der Waals surface area contributed by atoms with Crippen molar-refractivity contribution in [2.24, 2.45) is 0 Å². The molecule has 2 aromatic carbocycles. The fourth-order valence-corrected chi connectivity index (χ4v) is 6.09. The normalized spacial score (nSPS) is 12.8. The molecule has 270 valence electrons. The van der Waals surface area contributed by atoms with Crippen LogP contribution in [-0.2, 0) is 13.6 Å². The predicted molar refractivity (Wildman–Crippen MR) is 193 cm³/mol. The number of hydrogen-bond acceptors (Lipinski definition) is 7. The number of unbranched alkanes of at least 4 members (excludes halogenated alkanes) is 9. The van der Waals surface area contributed by atoms with Crippen LogP contribution in [0.3, 0.4) is 0 Å². The summed E-state index contributed by atoms with van der Waals surface area (Å²) in [5.41, 5.74) is -0.475. The van der Waals surface area contributed by atoms with Gasteiger partial charge in [0.05, 0.1) is 23.3 Å². The predicted octanol–water partition coefficient (Wildman–Crippen LogP) is 10.6. The van der Waals surface area contributed by atoms with Crippen LogP contribution in [0.1, 0.15) is 122 Å². The Hall–Kier alpha value is -3.11. The molecule has 0 saturated heterocycles. The minimum Gasteiger partial charge on any atom is -0.505 e. The fourth-order valence-electron chi connectivity index (χ4n) is 4.88. The highest BCUT2D eigenvalue weighted by atomic mass is 35.5. The van der Waals surface area contributed by atoms with Crippen LogP contribution in [0.5, 0.6) is 11.5 Å². The van der Waals surface area contributed by atoms with Crippen molar-refractivity contribution >= 4 is 48.5 Å². The van der Waals surface area contributed by atoms with E-state index in [1.54, 1.807) is 0 Å². The van der Waals surface area contributed by atoms with Gasteiger partial charge in [0, 0.05) is 0 Å². The molecule has 0 saturated carbocycles. The van der Waals surface area contributed by atoms with E-state index in [2.05, 4.69) is 31.2 Å². The summed E-state index contributed by atoms with van der Waals surface area (Å²) in [5.74, 6) is -4.24. The van der Waals surface area contributed by atoms with Gasteiger partial charge in [-0.25, -0.2) is 14.2 Å². The van der Waals surface area contributed by atoms with Crippen molar-refractivity contribution in [2.45, 2.75) is 90.4 Å². The lowest BCUT2D eigenvalue weighted by Crippen LogP contribution is -2.02. The molecule has 0 aliphatic carbocycles. The first-order valence-electron chi connectivity index (χ1n) is 16.5. The molecule has 0 aromatic heterocycles. The first-order valence-corrected chi connectivity index (χ1v) is 18.8. The van der Waals surface area contributed by atoms with E-state index in [0.717, 1.165) is 57.1 Å². The van der Waals surface area contributed by atoms with E-state index >= 15 is 0 Å². The molecule has 0 fully saturated rings. The van der Waals surface area contributed by atoms with Gasteiger partial charge in [0.15, 0.2) is 0 Å². The number of phenols is 2. The summed E-state index contributed by atoms with van der Waals surface area (Å²) in [7, 11) is -4.37. The van der Waals surface area contributed by atoms with Crippen LogP contribution in [0.2, 0.25) is 10.0 Å². The van der Waals surface area contributed by atoms with Gasteiger partial charge in [-0.2, -0.15) is 0 Å². The van der Waals surface area contributed by atoms with E-state index in [-0.39, 0.29) is 46.4 Å². The Morgan fingerprint density at radius 2 is 1.12 bits per heavy atom. The van der Waals surface area contributed by atoms with Gasteiger partial charge in [-0.3, -0.25) is 9.05 Å². The zero-order valence-corrected chi connectivity index (χ0v) is 30.2. The standard InChI is InChI=1S/C36H47Cl2O10P/c1-2-3-4-5-6-7-8-9-10-11-12-13-14-15-16-17-20-47-49(45,46)48-21-18-19-28(26-22-29(35(41)42)33(39)31(37)24-26)27-23-30(36(43)44)34(40)32(38)25-27/h6-7,11-12,19,22-25,39-40H,2-5,8-10,13-18,20-21H2,1H3,(H,41,42)(H,43,44)(H,45,46)/b7-6-,12-11-. The van der Waals surface area contributed by atoms with Gasteiger partial charge in [-0.15, -0.1) is 0 Å². The van der Waals surface area contributed by atoms with Crippen LogP contribution < -0.4 is 0 Å². The average Bonchev–Trinajstić information content (AvgIpc) is 3.04. The molecule has 0 heterocycles. The average molecular weight is 742 g/mol. The summed E-state index contributed by atoms with van der Waals surface area (Å²) in [5, 5.41) is 38.7. The molecule has 0 aliphatic rings. The van der Waals surface area contributed by atoms with Crippen LogP contribution in [0.15, 0.2) is 54.6 Å². The lowest BCUT2D eigenvalue weighted by Gasteiger charge is -2.15. The van der Waals surface area contributed by atoms with Crippen molar-refractivity contribution in [3.63, 3.8) is 0 Å². The third-order valence-corrected chi connectivity index (χ3v) is 9.09. The van der Waals surface area contributed by atoms with Crippen molar-refractivity contribution in [3.8, 4) is 11.5 Å². The number of aromatic carboxylic acids is 2. The van der Waals surface area contributed by atoms with Crippen LogP contribution in [0, 0.1) is 0 Å². The van der Waals surface area contributed by atoms with Crippen LogP contribution in [-0.4, -0.2) is 50.5 Å². The Morgan fingerprint density at radius 1 is 0.673 bits per heavy atom. The number of aromatic hydroxyl groups is 2. The molecule has 2 aromatic rings. The quantitative estimate of drug-likeness (QED) is 0.0396. The Labute approximate surface area is 298 Å². The van der Waals surface area contributed by atoms with E-state index < -0.39 is 42.4 Å². The lowest BCUT2D eigenvalue weighted by atomic mass is 9.93. The second kappa shape index (κ2) is 22.6. The third-order valence-electron chi connectivity index (χ3n) is 7.50. The molecule has 5 N–H and O–H groups in total. The fraction of sp³-hybridized carbons (Fsp3) is 0.444. The Morgan fingerprint density at radius 3 is 1.61 bits per heavy atom. The van der Waals surface area contributed by atoms with Crippen molar-refractivity contribution in [1.29, 1.82) is 0 Å². The monoisotopic (exact) mass is 740 g/mol. The molecule has 0 radical (unpaired) electrons. The van der Waals surface area contributed by atoms with E-state index in [1.165, 1.54) is 43.9 Å². The molecule has 0 amide bonds. The van der Waals surface area contributed by atoms with E-state index in [4.69, 9.17) is 32.2 Å². The van der Waals surface area contributed by atoms with Gasteiger partial charge in [0.1, 0.15) is 22.6 Å². The summed E-state index contributed by atoms with van der Waals surface area (Å²) in [6.45, 7) is 1.97. The molecule has 1 unspecified atom stereocenters. The molecular formula is C36H47Cl2O10P. The first-order chi connectivity index (χ1) is 23.4. The summed E-state index contributed by atoms with van der Waals surface area (Å²) in [4.78, 5) is 33.5. The molecule has 2 rings (SSSR count).